The lowest BCUT2D eigenvalue weighted by Crippen LogP contribution is -2.46. The zero-order chi connectivity index (χ0) is 19.4. The average molecular weight is 403 g/mol. The van der Waals surface area contributed by atoms with Crippen LogP contribution in [0.15, 0.2) is 53.4 Å². The quantitative estimate of drug-likeness (QED) is 0.507. The SMILES string of the molecule is Cc1nc2ccccc2n1CC(=O)NNC(=O)C(C)Sc1ccc(Cl)cc1. The topological polar surface area (TPSA) is 76.0 Å². The molecule has 0 saturated carbocycles. The molecule has 1 aromatic heterocycles. The number of imidazole rings is 1. The van der Waals surface area contributed by atoms with E-state index in [-0.39, 0.29) is 23.6 Å². The third-order valence-electron chi connectivity index (χ3n) is 3.97. The van der Waals surface area contributed by atoms with E-state index >= 15 is 0 Å². The molecular formula is C19H19ClN4O2S. The summed E-state index contributed by atoms with van der Waals surface area (Å²) in [4.78, 5) is 29.8. The fourth-order valence-corrected chi connectivity index (χ4v) is 3.58. The predicted octanol–water partition coefficient (Wildman–Crippen LogP) is 3.33. The molecule has 3 aromatic rings. The van der Waals surface area contributed by atoms with Gasteiger partial charge in [0.15, 0.2) is 0 Å². The maximum absolute atomic E-state index is 12.2. The number of amides is 2. The fraction of sp³-hybridized carbons (Fsp3) is 0.211. The Morgan fingerprint density at radius 3 is 2.59 bits per heavy atom. The lowest BCUT2D eigenvalue weighted by Gasteiger charge is -2.13. The molecule has 3 rings (SSSR count). The minimum Gasteiger partial charge on any atom is -0.319 e. The van der Waals surface area contributed by atoms with E-state index in [0.29, 0.717) is 5.02 Å². The zero-order valence-corrected chi connectivity index (χ0v) is 16.5. The number of benzene rings is 2. The number of hydrogen-bond donors (Lipinski definition) is 2. The van der Waals surface area contributed by atoms with Crippen molar-refractivity contribution in [3.05, 3.63) is 59.4 Å². The highest BCUT2D eigenvalue weighted by Crippen LogP contribution is 2.24. The van der Waals surface area contributed by atoms with Gasteiger partial charge < -0.3 is 4.57 Å². The Bertz CT molecular complexity index is 972. The molecule has 0 radical (unpaired) electrons. The van der Waals surface area contributed by atoms with Crippen molar-refractivity contribution in [2.45, 2.75) is 30.5 Å². The standard InChI is InChI=1S/C19H19ClN4O2S/c1-12(27-15-9-7-14(20)8-10-15)19(26)23-22-18(25)11-24-13(2)21-16-5-3-4-6-17(16)24/h3-10,12H,11H2,1-2H3,(H,22,25)(H,23,26). The Labute approximate surface area is 166 Å². The number of para-hydroxylation sites is 2. The number of fused-ring (bicyclic) bond motifs is 1. The second-order valence-electron chi connectivity index (χ2n) is 5.99. The van der Waals surface area contributed by atoms with E-state index in [4.69, 9.17) is 11.6 Å². The fourth-order valence-electron chi connectivity index (χ4n) is 2.58. The Morgan fingerprint density at radius 2 is 1.85 bits per heavy atom. The van der Waals surface area contributed by atoms with Crippen LogP contribution in [0.1, 0.15) is 12.7 Å². The van der Waals surface area contributed by atoms with Gasteiger partial charge in [-0.15, -0.1) is 11.8 Å². The van der Waals surface area contributed by atoms with Gasteiger partial charge in [-0.05, 0) is 50.2 Å². The molecule has 1 heterocycles. The summed E-state index contributed by atoms with van der Waals surface area (Å²) in [5, 5.41) is 0.272. The molecule has 1 atom stereocenters. The summed E-state index contributed by atoms with van der Waals surface area (Å²) < 4.78 is 1.81. The van der Waals surface area contributed by atoms with Crippen LogP contribution in [0.2, 0.25) is 5.02 Å². The molecular weight excluding hydrogens is 384 g/mol. The highest BCUT2D eigenvalue weighted by Gasteiger charge is 2.16. The lowest BCUT2D eigenvalue weighted by atomic mass is 10.3. The molecule has 2 N–H and O–H groups in total. The Morgan fingerprint density at radius 1 is 1.15 bits per heavy atom. The van der Waals surface area contributed by atoms with Crippen molar-refractivity contribution in [2.24, 2.45) is 0 Å². The van der Waals surface area contributed by atoms with Crippen LogP contribution >= 0.6 is 23.4 Å². The minimum atomic E-state index is -0.373. The number of rotatable bonds is 5. The molecule has 2 aromatic carbocycles. The molecule has 2 amide bonds. The summed E-state index contributed by atoms with van der Waals surface area (Å²) in [6.45, 7) is 3.69. The van der Waals surface area contributed by atoms with Crippen LogP contribution in [-0.4, -0.2) is 26.6 Å². The summed E-state index contributed by atoms with van der Waals surface area (Å²) >= 11 is 7.24. The first-order valence-electron chi connectivity index (χ1n) is 8.37. The van der Waals surface area contributed by atoms with Gasteiger partial charge in [-0.3, -0.25) is 20.4 Å². The number of carbonyl (C=O) groups is 2. The van der Waals surface area contributed by atoms with Crippen LogP contribution in [0.3, 0.4) is 0 Å². The van der Waals surface area contributed by atoms with Crippen molar-refractivity contribution >= 4 is 46.2 Å². The maximum atomic E-state index is 12.2. The number of halogens is 1. The van der Waals surface area contributed by atoms with Gasteiger partial charge in [-0.1, -0.05) is 23.7 Å². The van der Waals surface area contributed by atoms with E-state index in [0.717, 1.165) is 21.8 Å². The molecule has 0 saturated heterocycles. The second kappa shape index (κ2) is 8.45. The smallest absolute Gasteiger partial charge is 0.258 e. The number of carbonyl (C=O) groups excluding carboxylic acids is 2. The van der Waals surface area contributed by atoms with Crippen molar-refractivity contribution in [1.82, 2.24) is 20.4 Å². The molecule has 0 aliphatic rings. The largest absolute Gasteiger partial charge is 0.319 e. The number of nitrogens with one attached hydrogen (secondary N) is 2. The first kappa shape index (κ1) is 19.3. The number of hydrazine groups is 1. The Balaban J connectivity index is 1.54. The van der Waals surface area contributed by atoms with Crippen molar-refractivity contribution in [3.63, 3.8) is 0 Å². The third kappa shape index (κ3) is 4.81. The third-order valence-corrected chi connectivity index (χ3v) is 5.33. The summed E-state index contributed by atoms with van der Waals surface area (Å²) in [5.41, 5.74) is 6.65. The Kier molecular flexibility index (Phi) is 6.03. The molecule has 0 spiro atoms. The summed E-state index contributed by atoms with van der Waals surface area (Å²) in [6.07, 6.45) is 0. The number of thioether (sulfide) groups is 1. The van der Waals surface area contributed by atoms with E-state index in [2.05, 4.69) is 15.8 Å². The molecule has 0 aliphatic heterocycles. The first-order chi connectivity index (χ1) is 12.9. The monoisotopic (exact) mass is 402 g/mol. The molecule has 0 bridgehead atoms. The lowest BCUT2D eigenvalue weighted by molar-refractivity contribution is -0.128. The van der Waals surface area contributed by atoms with E-state index in [1.807, 2.05) is 47.9 Å². The van der Waals surface area contributed by atoms with Gasteiger partial charge in [0.1, 0.15) is 12.4 Å². The van der Waals surface area contributed by atoms with Gasteiger partial charge in [0, 0.05) is 9.92 Å². The van der Waals surface area contributed by atoms with Crippen molar-refractivity contribution in [3.8, 4) is 0 Å². The molecule has 140 valence electrons. The van der Waals surface area contributed by atoms with Crippen LogP contribution in [0.25, 0.3) is 11.0 Å². The van der Waals surface area contributed by atoms with E-state index in [1.165, 1.54) is 11.8 Å². The van der Waals surface area contributed by atoms with Crippen LogP contribution in [-0.2, 0) is 16.1 Å². The summed E-state index contributed by atoms with van der Waals surface area (Å²) in [6, 6.07) is 14.8. The first-order valence-corrected chi connectivity index (χ1v) is 9.62. The number of nitrogens with zero attached hydrogens (tertiary/aromatic N) is 2. The van der Waals surface area contributed by atoms with Crippen LogP contribution in [0, 0.1) is 6.92 Å². The van der Waals surface area contributed by atoms with Crippen molar-refractivity contribution < 1.29 is 9.59 Å². The van der Waals surface area contributed by atoms with Gasteiger partial charge in [0.05, 0.1) is 16.3 Å². The molecule has 1 unspecified atom stereocenters. The minimum absolute atomic E-state index is 0.0747. The Hall–Kier alpha value is -2.51. The molecule has 27 heavy (non-hydrogen) atoms. The molecule has 0 aliphatic carbocycles. The summed E-state index contributed by atoms with van der Waals surface area (Å²) in [7, 11) is 0. The van der Waals surface area contributed by atoms with Crippen LogP contribution < -0.4 is 10.9 Å². The average Bonchev–Trinajstić information content (AvgIpc) is 2.97. The number of hydrogen-bond acceptors (Lipinski definition) is 4. The highest BCUT2D eigenvalue weighted by atomic mass is 35.5. The van der Waals surface area contributed by atoms with Gasteiger partial charge in [-0.25, -0.2) is 4.98 Å². The van der Waals surface area contributed by atoms with E-state index in [1.54, 1.807) is 19.1 Å². The van der Waals surface area contributed by atoms with E-state index in [9.17, 15) is 9.59 Å². The van der Waals surface area contributed by atoms with Crippen molar-refractivity contribution in [2.75, 3.05) is 0 Å². The highest BCUT2D eigenvalue weighted by molar-refractivity contribution is 8.00. The summed E-state index contributed by atoms with van der Waals surface area (Å²) in [5.74, 6) is 0.137. The van der Waals surface area contributed by atoms with Gasteiger partial charge in [-0.2, -0.15) is 0 Å². The molecule has 6 nitrogen and oxygen atoms in total. The molecule has 0 fully saturated rings. The maximum Gasteiger partial charge on any atom is 0.258 e. The van der Waals surface area contributed by atoms with Crippen molar-refractivity contribution in [1.29, 1.82) is 0 Å². The van der Waals surface area contributed by atoms with E-state index < -0.39 is 0 Å². The zero-order valence-electron chi connectivity index (χ0n) is 14.9. The van der Waals surface area contributed by atoms with Crippen LogP contribution in [0.5, 0.6) is 0 Å². The number of aryl methyl sites for hydroxylation is 1. The normalized spacial score (nSPS) is 12.0. The second-order valence-corrected chi connectivity index (χ2v) is 7.84. The molecule has 8 heteroatoms. The number of aromatic nitrogens is 2. The van der Waals surface area contributed by atoms with Gasteiger partial charge in [0.25, 0.3) is 11.8 Å². The van der Waals surface area contributed by atoms with Crippen LogP contribution in [0.4, 0.5) is 0 Å². The van der Waals surface area contributed by atoms with Gasteiger partial charge >= 0.3 is 0 Å². The predicted molar refractivity (Wildman–Crippen MR) is 108 cm³/mol. The van der Waals surface area contributed by atoms with Gasteiger partial charge in [0.2, 0.25) is 0 Å².